The maximum atomic E-state index is 13.1. The molecule has 1 aromatic carbocycles. The first-order valence-corrected chi connectivity index (χ1v) is 8.29. The lowest BCUT2D eigenvalue weighted by atomic mass is 10.2. The Morgan fingerprint density at radius 2 is 1.96 bits per heavy atom. The van der Waals surface area contributed by atoms with Crippen LogP contribution in [0, 0.1) is 0 Å². The fourth-order valence-corrected chi connectivity index (χ4v) is 2.91. The monoisotopic (exact) mass is 381 g/mol. The standard InChI is InChI=1S/C18H15ClF3N3O/c1-2-14-15(17(26)23-9-11-6-4-3-5-7-11)25-10-12(18(20,21)22)8-13(19)16(25)24-14/h3-8,10H,2,9H2,1H3,(H,23,26). The van der Waals surface area contributed by atoms with Crippen molar-refractivity contribution < 1.29 is 18.0 Å². The molecule has 0 saturated heterocycles. The Balaban J connectivity index is 2.02. The predicted octanol–water partition coefficient (Wildman–Crippen LogP) is 4.50. The quantitative estimate of drug-likeness (QED) is 0.723. The molecule has 0 aliphatic carbocycles. The van der Waals surface area contributed by atoms with Gasteiger partial charge in [-0.2, -0.15) is 13.2 Å². The Morgan fingerprint density at radius 3 is 2.58 bits per heavy atom. The van der Waals surface area contributed by atoms with E-state index in [-0.39, 0.29) is 22.9 Å². The molecule has 0 atom stereocenters. The molecule has 0 aliphatic rings. The molecule has 0 unspecified atom stereocenters. The average Bonchev–Trinajstić information content (AvgIpc) is 2.99. The van der Waals surface area contributed by atoms with Crippen LogP contribution in [0.25, 0.3) is 5.65 Å². The summed E-state index contributed by atoms with van der Waals surface area (Å²) in [6.45, 7) is 2.02. The van der Waals surface area contributed by atoms with Gasteiger partial charge in [0.1, 0.15) is 5.69 Å². The fourth-order valence-electron chi connectivity index (χ4n) is 2.66. The second-order valence-electron chi connectivity index (χ2n) is 5.70. The molecule has 0 saturated carbocycles. The van der Waals surface area contributed by atoms with Gasteiger partial charge in [0.05, 0.1) is 16.3 Å². The van der Waals surface area contributed by atoms with E-state index < -0.39 is 17.6 Å². The molecule has 0 fully saturated rings. The summed E-state index contributed by atoms with van der Waals surface area (Å²) < 4.78 is 40.4. The number of benzene rings is 1. The fraction of sp³-hybridized carbons (Fsp3) is 0.222. The normalized spacial score (nSPS) is 11.7. The van der Waals surface area contributed by atoms with E-state index in [0.717, 1.165) is 22.2 Å². The Hall–Kier alpha value is -2.54. The Kier molecular flexibility index (Phi) is 4.91. The number of amides is 1. The van der Waals surface area contributed by atoms with Crippen molar-refractivity contribution in [2.45, 2.75) is 26.1 Å². The summed E-state index contributed by atoms with van der Waals surface area (Å²) in [4.78, 5) is 16.9. The van der Waals surface area contributed by atoms with Crippen molar-refractivity contribution in [3.8, 4) is 0 Å². The lowest BCUT2D eigenvalue weighted by molar-refractivity contribution is -0.137. The van der Waals surface area contributed by atoms with Crippen LogP contribution < -0.4 is 5.32 Å². The summed E-state index contributed by atoms with van der Waals surface area (Å²) in [5, 5.41) is 2.57. The van der Waals surface area contributed by atoms with E-state index in [9.17, 15) is 18.0 Å². The highest BCUT2D eigenvalue weighted by molar-refractivity contribution is 6.33. The van der Waals surface area contributed by atoms with Crippen LogP contribution in [-0.4, -0.2) is 15.3 Å². The molecule has 3 aromatic rings. The van der Waals surface area contributed by atoms with E-state index in [1.807, 2.05) is 30.3 Å². The van der Waals surface area contributed by atoms with Crippen LogP contribution in [0.1, 0.15) is 34.2 Å². The van der Waals surface area contributed by atoms with Gasteiger partial charge < -0.3 is 5.32 Å². The zero-order valence-electron chi connectivity index (χ0n) is 13.8. The third-order valence-electron chi connectivity index (χ3n) is 3.92. The summed E-state index contributed by atoms with van der Waals surface area (Å²) in [6.07, 6.45) is -3.34. The highest BCUT2D eigenvalue weighted by Gasteiger charge is 2.33. The van der Waals surface area contributed by atoms with Crippen molar-refractivity contribution in [1.29, 1.82) is 0 Å². The SMILES string of the molecule is CCc1nc2c(Cl)cc(C(F)(F)F)cn2c1C(=O)NCc1ccccc1. The Bertz CT molecular complexity index is 952. The number of imidazole rings is 1. The number of alkyl halides is 3. The second-order valence-corrected chi connectivity index (χ2v) is 6.10. The zero-order chi connectivity index (χ0) is 18.9. The summed E-state index contributed by atoms with van der Waals surface area (Å²) >= 11 is 5.97. The number of aromatic nitrogens is 2. The van der Waals surface area contributed by atoms with E-state index in [0.29, 0.717) is 12.1 Å². The molecule has 4 nitrogen and oxygen atoms in total. The van der Waals surface area contributed by atoms with Crippen molar-refractivity contribution in [1.82, 2.24) is 14.7 Å². The largest absolute Gasteiger partial charge is 0.417 e. The van der Waals surface area contributed by atoms with Crippen LogP contribution in [0.3, 0.4) is 0 Å². The van der Waals surface area contributed by atoms with Gasteiger partial charge in [0.25, 0.3) is 5.91 Å². The van der Waals surface area contributed by atoms with Crippen molar-refractivity contribution >= 4 is 23.2 Å². The number of hydrogen-bond acceptors (Lipinski definition) is 2. The smallest absolute Gasteiger partial charge is 0.347 e. The molecule has 8 heteroatoms. The predicted molar refractivity (Wildman–Crippen MR) is 92.2 cm³/mol. The van der Waals surface area contributed by atoms with Gasteiger partial charge in [0, 0.05) is 12.7 Å². The molecular weight excluding hydrogens is 367 g/mol. The van der Waals surface area contributed by atoms with Gasteiger partial charge in [0.2, 0.25) is 0 Å². The van der Waals surface area contributed by atoms with Crippen LogP contribution in [0.15, 0.2) is 42.6 Å². The first-order valence-electron chi connectivity index (χ1n) is 7.91. The minimum Gasteiger partial charge on any atom is -0.347 e. The maximum Gasteiger partial charge on any atom is 0.417 e. The summed E-state index contributed by atoms with van der Waals surface area (Å²) in [7, 11) is 0. The number of carbonyl (C=O) groups excluding carboxylic acids is 1. The van der Waals surface area contributed by atoms with Gasteiger partial charge in [-0.3, -0.25) is 9.20 Å². The highest BCUT2D eigenvalue weighted by Crippen LogP contribution is 2.33. The van der Waals surface area contributed by atoms with Gasteiger partial charge in [0.15, 0.2) is 5.65 Å². The molecule has 26 heavy (non-hydrogen) atoms. The van der Waals surface area contributed by atoms with Crippen molar-refractivity contribution in [2.75, 3.05) is 0 Å². The number of rotatable bonds is 4. The number of aryl methyl sites for hydroxylation is 1. The summed E-state index contributed by atoms with van der Waals surface area (Å²) in [5.41, 5.74) is 0.512. The minimum absolute atomic E-state index is 0.0615. The van der Waals surface area contributed by atoms with Crippen LogP contribution >= 0.6 is 11.6 Å². The third-order valence-corrected chi connectivity index (χ3v) is 4.20. The van der Waals surface area contributed by atoms with Crippen molar-refractivity contribution in [2.24, 2.45) is 0 Å². The number of nitrogens with one attached hydrogen (secondary N) is 1. The highest BCUT2D eigenvalue weighted by atomic mass is 35.5. The Morgan fingerprint density at radius 1 is 1.27 bits per heavy atom. The number of fused-ring (bicyclic) bond motifs is 1. The van der Waals surface area contributed by atoms with Gasteiger partial charge in [-0.1, -0.05) is 48.9 Å². The van der Waals surface area contributed by atoms with E-state index in [2.05, 4.69) is 10.3 Å². The molecular formula is C18H15ClF3N3O. The van der Waals surface area contributed by atoms with E-state index in [1.54, 1.807) is 6.92 Å². The number of pyridine rings is 1. The molecule has 2 heterocycles. The molecule has 0 aliphatic heterocycles. The maximum absolute atomic E-state index is 13.1. The molecule has 0 radical (unpaired) electrons. The molecule has 1 amide bonds. The van der Waals surface area contributed by atoms with Crippen LogP contribution in [0.2, 0.25) is 5.02 Å². The van der Waals surface area contributed by atoms with E-state index >= 15 is 0 Å². The van der Waals surface area contributed by atoms with Gasteiger partial charge in [-0.05, 0) is 18.1 Å². The van der Waals surface area contributed by atoms with E-state index in [4.69, 9.17) is 11.6 Å². The molecule has 3 rings (SSSR count). The third kappa shape index (κ3) is 3.53. The lowest BCUT2D eigenvalue weighted by Gasteiger charge is -2.10. The number of nitrogens with zero attached hydrogens (tertiary/aromatic N) is 2. The number of halogens is 4. The first kappa shape index (κ1) is 18.3. The van der Waals surface area contributed by atoms with Crippen molar-refractivity contribution in [3.05, 3.63) is 70.1 Å². The lowest BCUT2D eigenvalue weighted by Crippen LogP contribution is -2.25. The van der Waals surface area contributed by atoms with Gasteiger partial charge in [-0.15, -0.1) is 0 Å². The Labute approximate surface area is 152 Å². The van der Waals surface area contributed by atoms with Crippen molar-refractivity contribution in [3.63, 3.8) is 0 Å². The second kappa shape index (κ2) is 6.99. The summed E-state index contributed by atoms with van der Waals surface area (Å²) in [5.74, 6) is -0.506. The summed E-state index contributed by atoms with van der Waals surface area (Å²) in [6, 6.07) is 10.0. The number of carbonyl (C=O) groups is 1. The topological polar surface area (TPSA) is 46.4 Å². The molecule has 2 aromatic heterocycles. The molecule has 0 spiro atoms. The average molecular weight is 382 g/mol. The first-order chi connectivity index (χ1) is 12.3. The van der Waals surface area contributed by atoms with Crippen LogP contribution in [0.4, 0.5) is 13.2 Å². The van der Waals surface area contributed by atoms with Gasteiger partial charge in [-0.25, -0.2) is 4.98 Å². The molecule has 1 N–H and O–H groups in total. The molecule has 0 bridgehead atoms. The number of hydrogen-bond donors (Lipinski definition) is 1. The van der Waals surface area contributed by atoms with Crippen LogP contribution in [0.5, 0.6) is 0 Å². The van der Waals surface area contributed by atoms with E-state index in [1.165, 1.54) is 0 Å². The minimum atomic E-state index is -4.58. The van der Waals surface area contributed by atoms with Gasteiger partial charge >= 0.3 is 6.18 Å². The van der Waals surface area contributed by atoms with Crippen LogP contribution in [-0.2, 0) is 19.1 Å². The molecule has 136 valence electrons. The zero-order valence-corrected chi connectivity index (χ0v) is 14.5.